The third-order valence-electron chi connectivity index (χ3n) is 0.817. The summed E-state index contributed by atoms with van der Waals surface area (Å²) in [5.74, 6) is 0.497. The van der Waals surface area contributed by atoms with E-state index in [0.29, 0.717) is 5.75 Å². The molecule has 3 heteroatoms. The van der Waals surface area contributed by atoms with E-state index in [0.717, 1.165) is 11.3 Å². The number of thioether (sulfide) groups is 1. The number of hydrogen-bond acceptors (Lipinski definition) is 3. The Morgan fingerprint density at radius 1 is 1.78 bits per heavy atom. The Hall–Kier alpha value is -0.440. The lowest BCUT2D eigenvalue weighted by atomic mass is 10.8. The van der Waals surface area contributed by atoms with Crippen LogP contribution >= 0.6 is 11.8 Å². The minimum atomic E-state index is 0.497. The van der Waals surface area contributed by atoms with Gasteiger partial charge in [-0.1, -0.05) is 6.58 Å². The fourth-order valence-corrected chi connectivity index (χ4v) is 0.778. The number of aldehydes is 1. The molecule has 0 aromatic carbocycles. The Bertz CT molecular complexity index is 112. The molecule has 0 aromatic rings. The van der Waals surface area contributed by atoms with Gasteiger partial charge in [0, 0.05) is 14.1 Å². The summed E-state index contributed by atoms with van der Waals surface area (Å²) < 4.78 is 0. The lowest BCUT2D eigenvalue weighted by Gasteiger charge is -2.12. The molecular formula is C6H11NOS. The molecule has 0 saturated carbocycles. The normalized spacial score (nSPS) is 8.67. The van der Waals surface area contributed by atoms with Gasteiger partial charge in [-0.15, -0.1) is 11.8 Å². The highest BCUT2D eigenvalue weighted by molar-refractivity contribution is 8.03. The highest BCUT2D eigenvalue weighted by atomic mass is 32.2. The van der Waals surface area contributed by atoms with Crippen LogP contribution in [0, 0.1) is 0 Å². The van der Waals surface area contributed by atoms with Crippen molar-refractivity contribution in [3.63, 3.8) is 0 Å². The van der Waals surface area contributed by atoms with Gasteiger partial charge >= 0.3 is 0 Å². The first-order chi connectivity index (χ1) is 4.18. The fourth-order valence-electron chi connectivity index (χ4n) is 0.259. The molecule has 0 rings (SSSR count). The maximum absolute atomic E-state index is 9.85. The summed E-state index contributed by atoms with van der Waals surface area (Å²) in [7, 11) is 3.81. The van der Waals surface area contributed by atoms with Gasteiger partial charge in [-0.25, -0.2) is 0 Å². The lowest BCUT2D eigenvalue weighted by molar-refractivity contribution is -0.105. The quantitative estimate of drug-likeness (QED) is 0.549. The van der Waals surface area contributed by atoms with Crippen molar-refractivity contribution in [2.45, 2.75) is 0 Å². The summed E-state index contributed by atoms with van der Waals surface area (Å²) in [6.45, 7) is 3.72. The summed E-state index contributed by atoms with van der Waals surface area (Å²) in [5, 5.41) is 0.919. The molecule has 0 saturated heterocycles. The summed E-state index contributed by atoms with van der Waals surface area (Å²) >= 11 is 1.45. The zero-order chi connectivity index (χ0) is 7.28. The molecule has 0 radical (unpaired) electrons. The standard InChI is InChI=1S/C6H11NOS/c1-6(7(2)3)9-5-4-8/h4H,1,5H2,2-3H3. The van der Waals surface area contributed by atoms with E-state index < -0.39 is 0 Å². The van der Waals surface area contributed by atoms with Gasteiger partial charge < -0.3 is 9.69 Å². The third kappa shape index (κ3) is 4.09. The number of carbonyl (C=O) groups is 1. The van der Waals surface area contributed by atoms with E-state index in [2.05, 4.69) is 6.58 Å². The number of rotatable bonds is 4. The van der Waals surface area contributed by atoms with Gasteiger partial charge in [0.15, 0.2) is 0 Å². The van der Waals surface area contributed by atoms with Crippen molar-refractivity contribution < 1.29 is 4.79 Å². The van der Waals surface area contributed by atoms with Crippen molar-refractivity contribution in [2.24, 2.45) is 0 Å². The van der Waals surface area contributed by atoms with Crippen LogP contribution in [0.25, 0.3) is 0 Å². The average molecular weight is 145 g/mol. The second-order valence-corrected chi connectivity index (χ2v) is 2.86. The summed E-state index contributed by atoms with van der Waals surface area (Å²) in [6.07, 6.45) is 0.874. The van der Waals surface area contributed by atoms with E-state index >= 15 is 0 Å². The minimum Gasteiger partial charge on any atom is -0.373 e. The van der Waals surface area contributed by atoms with Crippen LogP contribution < -0.4 is 0 Å². The van der Waals surface area contributed by atoms with E-state index in [9.17, 15) is 4.79 Å². The molecule has 0 aliphatic heterocycles. The van der Waals surface area contributed by atoms with Crippen molar-refractivity contribution in [3.8, 4) is 0 Å². The van der Waals surface area contributed by atoms with Crippen LogP contribution in [0.3, 0.4) is 0 Å². The van der Waals surface area contributed by atoms with Crippen LogP contribution in [0.4, 0.5) is 0 Å². The molecule has 0 fully saturated rings. The zero-order valence-corrected chi connectivity index (χ0v) is 6.57. The first kappa shape index (κ1) is 8.56. The van der Waals surface area contributed by atoms with Crippen LogP contribution in [-0.4, -0.2) is 31.0 Å². The van der Waals surface area contributed by atoms with Crippen molar-refractivity contribution >= 4 is 18.0 Å². The number of carbonyl (C=O) groups excluding carboxylic acids is 1. The Morgan fingerprint density at radius 3 is 2.67 bits per heavy atom. The average Bonchev–Trinajstić information content (AvgIpc) is 1.82. The van der Waals surface area contributed by atoms with Crippen LogP contribution in [0.2, 0.25) is 0 Å². The first-order valence-electron chi connectivity index (χ1n) is 2.61. The third-order valence-corrected chi connectivity index (χ3v) is 1.82. The second-order valence-electron chi connectivity index (χ2n) is 1.77. The Balaban J connectivity index is 3.38. The van der Waals surface area contributed by atoms with E-state index in [1.54, 1.807) is 0 Å². The van der Waals surface area contributed by atoms with Crippen molar-refractivity contribution in [1.82, 2.24) is 4.90 Å². The first-order valence-corrected chi connectivity index (χ1v) is 3.59. The van der Waals surface area contributed by atoms with Crippen LogP contribution in [0.5, 0.6) is 0 Å². The lowest BCUT2D eigenvalue weighted by Crippen LogP contribution is -2.07. The summed E-state index contributed by atoms with van der Waals surface area (Å²) in [4.78, 5) is 11.7. The molecule has 0 atom stereocenters. The molecule has 0 aliphatic carbocycles. The Morgan fingerprint density at radius 2 is 2.33 bits per heavy atom. The van der Waals surface area contributed by atoms with E-state index in [-0.39, 0.29) is 0 Å². The molecule has 0 bridgehead atoms. The van der Waals surface area contributed by atoms with Crippen molar-refractivity contribution in [1.29, 1.82) is 0 Å². The van der Waals surface area contributed by atoms with Gasteiger partial charge in [0.2, 0.25) is 0 Å². The smallest absolute Gasteiger partial charge is 0.130 e. The maximum Gasteiger partial charge on any atom is 0.130 e. The number of hydrogen-bond donors (Lipinski definition) is 0. The molecule has 0 aromatic heterocycles. The molecule has 9 heavy (non-hydrogen) atoms. The summed E-state index contributed by atoms with van der Waals surface area (Å²) in [5.41, 5.74) is 0. The van der Waals surface area contributed by atoms with E-state index in [1.165, 1.54) is 11.8 Å². The fraction of sp³-hybridized carbons (Fsp3) is 0.500. The zero-order valence-electron chi connectivity index (χ0n) is 5.76. The maximum atomic E-state index is 9.85. The van der Waals surface area contributed by atoms with E-state index in [4.69, 9.17) is 0 Å². The number of nitrogens with zero attached hydrogens (tertiary/aromatic N) is 1. The highest BCUT2D eigenvalue weighted by Crippen LogP contribution is 2.12. The monoisotopic (exact) mass is 145 g/mol. The Kier molecular flexibility index (Phi) is 4.22. The summed E-state index contributed by atoms with van der Waals surface area (Å²) in [6, 6.07) is 0. The molecule has 52 valence electrons. The molecule has 0 spiro atoms. The predicted octanol–water partition coefficient (Wildman–Crippen LogP) is 0.951. The predicted molar refractivity (Wildman–Crippen MR) is 41.3 cm³/mol. The second kappa shape index (κ2) is 4.44. The van der Waals surface area contributed by atoms with Crippen LogP contribution in [0.1, 0.15) is 0 Å². The SMILES string of the molecule is C=C(SCC=O)N(C)C. The molecule has 0 aliphatic rings. The van der Waals surface area contributed by atoms with Crippen molar-refractivity contribution in [3.05, 3.63) is 11.6 Å². The van der Waals surface area contributed by atoms with Gasteiger partial charge in [0.05, 0.1) is 10.8 Å². The minimum absolute atomic E-state index is 0.497. The molecule has 0 amide bonds. The van der Waals surface area contributed by atoms with Crippen LogP contribution in [0.15, 0.2) is 11.6 Å². The van der Waals surface area contributed by atoms with Gasteiger partial charge in [0.25, 0.3) is 0 Å². The van der Waals surface area contributed by atoms with Gasteiger partial charge in [-0.05, 0) is 0 Å². The topological polar surface area (TPSA) is 20.3 Å². The molecule has 0 unspecified atom stereocenters. The molecular weight excluding hydrogens is 134 g/mol. The van der Waals surface area contributed by atoms with Crippen molar-refractivity contribution in [2.75, 3.05) is 19.8 Å². The van der Waals surface area contributed by atoms with Crippen LogP contribution in [-0.2, 0) is 4.79 Å². The molecule has 2 nitrogen and oxygen atoms in total. The highest BCUT2D eigenvalue weighted by Gasteiger charge is 1.93. The largest absolute Gasteiger partial charge is 0.373 e. The van der Waals surface area contributed by atoms with Gasteiger partial charge in [-0.3, -0.25) is 0 Å². The van der Waals surface area contributed by atoms with Gasteiger partial charge in [-0.2, -0.15) is 0 Å². The van der Waals surface area contributed by atoms with E-state index in [1.807, 2.05) is 19.0 Å². The molecule has 0 heterocycles. The van der Waals surface area contributed by atoms with Gasteiger partial charge in [0.1, 0.15) is 6.29 Å². The Labute approximate surface area is 59.9 Å². The molecule has 0 N–H and O–H groups in total.